The summed E-state index contributed by atoms with van der Waals surface area (Å²) < 4.78 is 31.8. The van der Waals surface area contributed by atoms with Gasteiger partial charge in [-0.2, -0.15) is 0 Å². The smallest absolute Gasteiger partial charge is 0.259 e. The maximum Gasteiger partial charge on any atom is 0.259 e. The molecule has 2 rings (SSSR count). The highest BCUT2D eigenvalue weighted by molar-refractivity contribution is 7.89. The fourth-order valence-corrected chi connectivity index (χ4v) is 3.23. The van der Waals surface area contributed by atoms with Gasteiger partial charge in [0.05, 0.1) is 10.5 Å². The number of aryl methyl sites for hydroxylation is 2. The normalized spacial score (nSPS) is 11.4. The largest absolute Gasteiger partial charge is 0.466 e. The summed E-state index contributed by atoms with van der Waals surface area (Å²) in [6, 6.07) is 7.70. The lowest BCUT2D eigenvalue weighted by Crippen LogP contribution is -2.24. The summed E-state index contributed by atoms with van der Waals surface area (Å²) >= 11 is 0. The number of carbonyl (C=O) groups is 1. The summed E-state index contributed by atoms with van der Waals surface area (Å²) in [4.78, 5) is 12.3. The second-order valence-electron chi connectivity index (χ2n) is 5.20. The van der Waals surface area contributed by atoms with Crippen LogP contribution in [0.15, 0.2) is 39.6 Å². The number of amides is 1. The summed E-state index contributed by atoms with van der Waals surface area (Å²) in [7, 11) is -3.50. The van der Waals surface area contributed by atoms with Crippen LogP contribution in [0.2, 0.25) is 0 Å². The van der Waals surface area contributed by atoms with Crippen LogP contribution >= 0.6 is 0 Å². The average molecular weight is 336 g/mol. The molecule has 6 nitrogen and oxygen atoms in total. The second kappa shape index (κ2) is 6.97. The van der Waals surface area contributed by atoms with Crippen LogP contribution in [0.4, 0.5) is 5.69 Å². The Bertz CT molecular complexity index is 792. The Morgan fingerprint density at radius 1 is 1.17 bits per heavy atom. The predicted octanol–water partition coefficient (Wildman–Crippen LogP) is 2.84. The molecule has 0 fully saturated rings. The molecular formula is C16H20N2O4S. The highest BCUT2D eigenvalue weighted by Gasteiger charge is 2.15. The Morgan fingerprint density at radius 2 is 1.83 bits per heavy atom. The van der Waals surface area contributed by atoms with Crippen molar-refractivity contribution in [3.63, 3.8) is 0 Å². The minimum absolute atomic E-state index is 0.166. The zero-order valence-corrected chi connectivity index (χ0v) is 14.2. The van der Waals surface area contributed by atoms with Gasteiger partial charge in [0, 0.05) is 12.2 Å². The van der Waals surface area contributed by atoms with Crippen molar-refractivity contribution in [3.05, 3.63) is 47.4 Å². The molecule has 0 radical (unpaired) electrons. The highest BCUT2D eigenvalue weighted by Crippen LogP contribution is 2.18. The minimum Gasteiger partial charge on any atom is -0.466 e. The van der Waals surface area contributed by atoms with Crippen LogP contribution in [0.3, 0.4) is 0 Å². The number of carbonyl (C=O) groups excluding carboxylic acids is 1. The molecule has 0 atom stereocenters. The van der Waals surface area contributed by atoms with Crippen LogP contribution in [0, 0.1) is 13.8 Å². The highest BCUT2D eigenvalue weighted by atomic mass is 32.2. The van der Waals surface area contributed by atoms with Crippen LogP contribution in [-0.4, -0.2) is 20.9 Å². The molecule has 124 valence electrons. The van der Waals surface area contributed by atoms with Gasteiger partial charge in [-0.1, -0.05) is 6.92 Å². The molecule has 1 aromatic carbocycles. The quantitative estimate of drug-likeness (QED) is 0.849. The molecule has 0 aliphatic carbocycles. The van der Waals surface area contributed by atoms with Crippen LogP contribution in [-0.2, 0) is 10.0 Å². The number of hydrogen-bond acceptors (Lipinski definition) is 4. The molecule has 0 aliphatic rings. The molecule has 23 heavy (non-hydrogen) atoms. The standard InChI is InChI=1S/C16H20N2O4S/c1-4-9-17-23(20,21)14-7-5-13(6-8-14)18-16(19)15-10-11(2)22-12(15)3/h5-8,10,17H,4,9H2,1-3H3,(H,18,19). The van der Waals surface area contributed by atoms with Crippen molar-refractivity contribution in [1.82, 2.24) is 4.72 Å². The Morgan fingerprint density at radius 3 is 2.35 bits per heavy atom. The van der Waals surface area contributed by atoms with Crippen molar-refractivity contribution in [2.45, 2.75) is 32.1 Å². The molecule has 0 bridgehead atoms. The van der Waals surface area contributed by atoms with Crippen molar-refractivity contribution >= 4 is 21.6 Å². The number of anilines is 1. The fourth-order valence-electron chi connectivity index (χ4n) is 2.09. The first-order chi connectivity index (χ1) is 10.8. The van der Waals surface area contributed by atoms with Crippen LogP contribution < -0.4 is 10.0 Å². The van der Waals surface area contributed by atoms with Gasteiger partial charge in [-0.15, -0.1) is 0 Å². The van der Waals surface area contributed by atoms with Gasteiger partial charge >= 0.3 is 0 Å². The maximum atomic E-state index is 12.2. The van der Waals surface area contributed by atoms with E-state index < -0.39 is 10.0 Å². The lowest BCUT2D eigenvalue weighted by atomic mass is 10.2. The zero-order valence-electron chi connectivity index (χ0n) is 13.3. The Labute approximate surface area is 135 Å². The molecule has 7 heteroatoms. The van der Waals surface area contributed by atoms with E-state index in [4.69, 9.17) is 4.42 Å². The third-order valence-corrected chi connectivity index (χ3v) is 4.73. The number of hydrogen-bond donors (Lipinski definition) is 2. The van der Waals surface area contributed by atoms with Gasteiger partial charge in [0.1, 0.15) is 11.5 Å². The van der Waals surface area contributed by atoms with Gasteiger partial charge < -0.3 is 9.73 Å². The molecule has 0 saturated heterocycles. The second-order valence-corrected chi connectivity index (χ2v) is 6.97. The molecule has 2 N–H and O–H groups in total. The number of nitrogens with one attached hydrogen (secondary N) is 2. The summed E-state index contributed by atoms with van der Waals surface area (Å²) in [5, 5.41) is 2.72. The SMILES string of the molecule is CCCNS(=O)(=O)c1ccc(NC(=O)c2cc(C)oc2C)cc1. The predicted molar refractivity (Wildman–Crippen MR) is 88.1 cm³/mol. The van der Waals surface area contributed by atoms with E-state index in [1.807, 2.05) is 6.92 Å². The molecular weight excluding hydrogens is 316 g/mol. The molecule has 1 amide bonds. The van der Waals surface area contributed by atoms with E-state index in [1.165, 1.54) is 12.1 Å². The van der Waals surface area contributed by atoms with Gasteiger partial charge in [-0.05, 0) is 50.6 Å². The topological polar surface area (TPSA) is 88.4 Å². The third kappa shape index (κ3) is 4.20. The molecule has 0 spiro atoms. The van der Waals surface area contributed by atoms with E-state index in [0.29, 0.717) is 29.3 Å². The van der Waals surface area contributed by atoms with Gasteiger partial charge in [0.2, 0.25) is 10.0 Å². The van der Waals surface area contributed by atoms with Crippen molar-refractivity contribution in [2.24, 2.45) is 0 Å². The van der Waals surface area contributed by atoms with Gasteiger partial charge in [-0.25, -0.2) is 13.1 Å². The fraction of sp³-hybridized carbons (Fsp3) is 0.312. The van der Waals surface area contributed by atoms with Gasteiger partial charge in [-0.3, -0.25) is 4.79 Å². The number of rotatable bonds is 6. The Hall–Kier alpha value is -2.12. The van der Waals surface area contributed by atoms with Crippen LogP contribution in [0.1, 0.15) is 35.2 Å². The van der Waals surface area contributed by atoms with E-state index in [9.17, 15) is 13.2 Å². The maximum absolute atomic E-state index is 12.2. The first-order valence-corrected chi connectivity index (χ1v) is 8.80. The number of sulfonamides is 1. The molecule has 0 aliphatic heterocycles. The van der Waals surface area contributed by atoms with Crippen LogP contribution in [0.5, 0.6) is 0 Å². The van der Waals surface area contributed by atoms with E-state index in [0.717, 1.165) is 6.42 Å². The van der Waals surface area contributed by atoms with Crippen molar-refractivity contribution in [1.29, 1.82) is 0 Å². The van der Waals surface area contributed by atoms with Gasteiger partial charge in [0.25, 0.3) is 5.91 Å². The lowest BCUT2D eigenvalue weighted by molar-refractivity contribution is 0.102. The Kier molecular flexibility index (Phi) is 5.23. The summed E-state index contributed by atoms with van der Waals surface area (Å²) in [6.45, 7) is 5.77. The number of benzene rings is 1. The molecule has 2 aromatic rings. The Balaban J connectivity index is 2.11. The van der Waals surface area contributed by atoms with Crippen molar-refractivity contribution in [2.75, 3.05) is 11.9 Å². The molecule has 0 unspecified atom stereocenters. The van der Waals surface area contributed by atoms with Crippen LogP contribution in [0.25, 0.3) is 0 Å². The molecule has 1 heterocycles. The number of furan rings is 1. The first kappa shape index (κ1) is 17.2. The summed E-state index contributed by atoms with van der Waals surface area (Å²) in [5.74, 6) is 0.915. The monoisotopic (exact) mass is 336 g/mol. The lowest BCUT2D eigenvalue weighted by Gasteiger charge is -2.08. The molecule has 0 saturated carbocycles. The van der Waals surface area contributed by atoms with Crippen molar-refractivity contribution < 1.29 is 17.6 Å². The van der Waals surface area contributed by atoms with E-state index in [2.05, 4.69) is 10.0 Å². The van der Waals surface area contributed by atoms with E-state index in [1.54, 1.807) is 32.0 Å². The zero-order chi connectivity index (χ0) is 17.0. The minimum atomic E-state index is -3.50. The van der Waals surface area contributed by atoms with Crippen molar-refractivity contribution in [3.8, 4) is 0 Å². The first-order valence-electron chi connectivity index (χ1n) is 7.31. The van der Waals surface area contributed by atoms with Gasteiger partial charge in [0.15, 0.2) is 0 Å². The van der Waals surface area contributed by atoms with E-state index >= 15 is 0 Å². The molecule has 1 aromatic heterocycles. The summed E-state index contributed by atoms with van der Waals surface area (Å²) in [5.41, 5.74) is 0.978. The third-order valence-electron chi connectivity index (χ3n) is 3.25. The summed E-state index contributed by atoms with van der Waals surface area (Å²) in [6.07, 6.45) is 0.719. The van der Waals surface area contributed by atoms with E-state index in [-0.39, 0.29) is 10.8 Å². The average Bonchev–Trinajstić information content (AvgIpc) is 2.84.